The number of rotatable bonds is 6. The van der Waals surface area contributed by atoms with Gasteiger partial charge in [-0.1, -0.05) is 12.1 Å². The zero-order chi connectivity index (χ0) is 12.7. The number of hydrogen-bond donors (Lipinski definition) is 2. The molecule has 0 spiro atoms. The minimum atomic E-state index is -0.527. The van der Waals surface area contributed by atoms with Crippen LogP contribution in [-0.2, 0) is 6.42 Å². The summed E-state index contributed by atoms with van der Waals surface area (Å²) in [5.41, 5.74) is 7.24. The van der Waals surface area contributed by atoms with Crippen molar-refractivity contribution in [3.05, 3.63) is 29.8 Å². The van der Waals surface area contributed by atoms with Gasteiger partial charge in [-0.25, -0.2) is 0 Å². The van der Waals surface area contributed by atoms with Gasteiger partial charge in [0.15, 0.2) is 0 Å². The van der Waals surface area contributed by atoms with Crippen molar-refractivity contribution >= 4 is 5.69 Å². The van der Waals surface area contributed by atoms with Crippen LogP contribution in [0.15, 0.2) is 24.3 Å². The maximum Gasteiger partial charge on any atom is 0.119 e. The number of nitrogens with zero attached hydrogens (tertiary/aromatic N) is 1. The van der Waals surface area contributed by atoms with Crippen LogP contribution in [0.1, 0.15) is 32.3 Å². The normalized spacial score (nSPS) is 10.9. The van der Waals surface area contributed by atoms with Gasteiger partial charge in [0.05, 0.1) is 6.07 Å². The Bertz CT molecular complexity index is 373. The standard InChI is InChI=1S/C14H21N3/c1-14(2,11-16)17-13-8-6-12(7-9-13)5-3-4-10-15/h6-9,17H,3-5,10,15H2,1-2H3. The number of benzene rings is 1. The molecule has 0 unspecified atom stereocenters. The van der Waals surface area contributed by atoms with E-state index in [1.54, 1.807) is 0 Å². The van der Waals surface area contributed by atoms with Crippen molar-refractivity contribution < 1.29 is 0 Å². The van der Waals surface area contributed by atoms with Gasteiger partial charge in [-0.2, -0.15) is 5.26 Å². The summed E-state index contributed by atoms with van der Waals surface area (Å²) in [5.74, 6) is 0. The van der Waals surface area contributed by atoms with Crippen molar-refractivity contribution in [3.8, 4) is 6.07 Å². The van der Waals surface area contributed by atoms with E-state index < -0.39 is 5.54 Å². The molecular formula is C14H21N3. The number of hydrogen-bond acceptors (Lipinski definition) is 3. The van der Waals surface area contributed by atoms with Gasteiger partial charge in [0.2, 0.25) is 0 Å². The zero-order valence-corrected chi connectivity index (χ0v) is 10.7. The predicted molar refractivity (Wildman–Crippen MR) is 71.7 cm³/mol. The second-order valence-electron chi connectivity index (χ2n) is 4.80. The van der Waals surface area contributed by atoms with Gasteiger partial charge >= 0.3 is 0 Å². The third kappa shape index (κ3) is 4.88. The number of nitriles is 1. The molecule has 0 bridgehead atoms. The second-order valence-corrected chi connectivity index (χ2v) is 4.80. The van der Waals surface area contributed by atoms with Crippen molar-refractivity contribution in [3.63, 3.8) is 0 Å². The van der Waals surface area contributed by atoms with E-state index in [9.17, 15) is 0 Å². The van der Waals surface area contributed by atoms with Crippen LogP contribution >= 0.6 is 0 Å². The smallest absolute Gasteiger partial charge is 0.119 e. The third-order valence-corrected chi connectivity index (χ3v) is 2.61. The first-order valence-electron chi connectivity index (χ1n) is 6.06. The molecule has 0 saturated heterocycles. The highest BCUT2D eigenvalue weighted by molar-refractivity contribution is 5.48. The highest BCUT2D eigenvalue weighted by Crippen LogP contribution is 2.16. The SMILES string of the molecule is CC(C)(C#N)Nc1ccc(CCCCN)cc1. The van der Waals surface area contributed by atoms with E-state index in [0.29, 0.717) is 0 Å². The number of anilines is 1. The Morgan fingerprint density at radius 1 is 1.24 bits per heavy atom. The first-order valence-corrected chi connectivity index (χ1v) is 6.06. The summed E-state index contributed by atoms with van der Waals surface area (Å²) < 4.78 is 0. The summed E-state index contributed by atoms with van der Waals surface area (Å²) in [6, 6.07) is 10.5. The van der Waals surface area contributed by atoms with Crippen molar-refractivity contribution in [2.24, 2.45) is 5.73 Å². The number of aryl methyl sites for hydroxylation is 1. The maximum absolute atomic E-state index is 8.93. The molecule has 1 aromatic carbocycles. The number of nitrogens with two attached hydrogens (primary N) is 1. The highest BCUT2D eigenvalue weighted by Gasteiger charge is 2.15. The molecule has 3 N–H and O–H groups in total. The minimum absolute atomic E-state index is 0.527. The van der Waals surface area contributed by atoms with Gasteiger partial charge in [-0.3, -0.25) is 0 Å². The van der Waals surface area contributed by atoms with Gasteiger partial charge in [-0.05, 0) is 57.4 Å². The fourth-order valence-corrected chi connectivity index (χ4v) is 1.62. The van der Waals surface area contributed by atoms with Crippen LogP contribution < -0.4 is 11.1 Å². The van der Waals surface area contributed by atoms with E-state index in [2.05, 4.69) is 23.5 Å². The molecule has 0 aromatic heterocycles. The molecule has 1 rings (SSSR count). The molecule has 0 aliphatic heterocycles. The average Bonchev–Trinajstić information content (AvgIpc) is 2.31. The Labute approximate surface area is 104 Å². The molecular weight excluding hydrogens is 210 g/mol. The van der Waals surface area contributed by atoms with Gasteiger partial charge < -0.3 is 11.1 Å². The fourth-order valence-electron chi connectivity index (χ4n) is 1.62. The van der Waals surface area contributed by atoms with Crippen LogP contribution in [0.5, 0.6) is 0 Å². The molecule has 0 saturated carbocycles. The molecule has 1 aromatic rings. The van der Waals surface area contributed by atoms with E-state index in [1.807, 2.05) is 26.0 Å². The highest BCUT2D eigenvalue weighted by atomic mass is 15.0. The van der Waals surface area contributed by atoms with Crippen molar-refractivity contribution in [2.45, 2.75) is 38.6 Å². The largest absolute Gasteiger partial charge is 0.368 e. The molecule has 0 aliphatic rings. The Kier molecular flexibility index (Phi) is 4.99. The summed E-state index contributed by atoms with van der Waals surface area (Å²) >= 11 is 0. The van der Waals surface area contributed by atoms with Crippen LogP contribution in [0.2, 0.25) is 0 Å². The summed E-state index contributed by atoms with van der Waals surface area (Å²) in [6.07, 6.45) is 3.27. The summed E-state index contributed by atoms with van der Waals surface area (Å²) in [7, 11) is 0. The fraction of sp³-hybridized carbons (Fsp3) is 0.500. The molecule has 0 fully saturated rings. The molecule has 3 heteroatoms. The number of nitrogens with one attached hydrogen (secondary N) is 1. The van der Waals surface area contributed by atoms with Crippen molar-refractivity contribution in [1.29, 1.82) is 5.26 Å². The van der Waals surface area contributed by atoms with Gasteiger partial charge in [0.1, 0.15) is 5.54 Å². The van der Waals surface area contributed by atoms with E-state index in [-0.39, 0.29) is 0 Å². The summed E-state index contributed by atoms with van der Waals surface area (Å²) in [5, 5.41) is 12.1. The van der Waals surface area contributed by atoms with Crippen molar-refractivity contribution in [2.75, 3.05) is 11.9 Å². The Morgan fingerprint density at radius 2 is 1.88 bits per heavy atom. The molecule has 0 aliphatic carbocycles. The lowest BCUT2D eigenvalue weighted by atomic mass is 10.1. The molecule has 92 valence electrons. The van der Waals surface area contributed by atoms with E-state index in [1.165, 1.54) is 5.56 Å². The van der Waals surface area contributed by atoms with E-state index >= 15 is 0 Å². The first-order chi connectivity index (χ1) is 8.07. The van der Waals surface area contributed by atoms with E-state index in [0.717, 1.165) is 31.5 Å². The summed E-state index contributed by atoms with van der Waals surface area (Å²) in [4.78, 5) is 0. The van der Waals surface area contributed by atoms with Crippen molar-refractivity contribution in [1.82, 2.24) is 0 Å². The van der Waals surface area contributed by atoms with Crippen LogP contribution in [-0.4, -0.2) is 12.1 Å². The zero-order valence-electron chi connectivity index (χ0n) is 10.7. The van der Waals surface area contributed by atoms with Crippen LogP contribution in [0.3, 0.4) is 0 Å². The first kappa shape index (κ1) is 13.5. The van der Waals surface area contributed by atoms with Crippen LogP contribution in [0, 0.1) is 11.3 Å². The molecule has 0 heterocycles. The van der Waals surface area contributed by atoms with Gasteiger partial charge in [-0.15, -0.1) is 0 Å². The van der Waals surface area contributed by atoms with Gasteiger partial charge in [0, 0.05) is 5.69 Å². The predicted octanol–water partition coefficient (Wildman–Crippen LogP) is 2.68. The lowest BCUT2D eigenvalue weighted by Crippen LogP contribution is -2.28. The van der Waals surface area contributed by atoms with Crippen LogP contribution in [0.25, 0.3) is 0 Å². The minimum Gasteiger partial charge on any atom is -0.368 e. The average molecular weight is 231 g/mol. The second kappa shape index (κ2) is 6.27. The molecule has 0 amide bonds. The molecule has 0 atom stereocenters. The Balaban J connectivity index is 2.54. The van der Waals surface area contributed by atoms with Gasteiger partial charge in [0.25, 0.3) is 0 Å². The Morgan fingerprint density at radius 3 is 2.41 bits per heavy atom. The molecule has 3 nitrogen and oxygen atoms in total. The lowest BCUT2D eigenvalue weighted by molar-refractivity contribution is 0.728. The quantitative estimate of drug-likeness (QED) is 0.740. The lowest BCUT2D eigenvalue weighted by Gasteiger charge is -2.19. The topological polar surface area (TPSA) is 61.8 Å². The summed E-state index contributed by atoms with van der Waals surface area (Å²) in [6.45, 7) is 4.49. The molecule has 0 radical (unpaired) electrons. The van der Waals surface area contributed by atoms with E-state index in [4.69, 9.17) is 11.0 Å². The monoisotopic (exact) mass is 231 g/mol. The molecule has 17 heavy (non-hydrogen) atoms. The maximum atomic E-state index is 8.93. The number of unbranched alkanes of at least 4 members (excludes halogenated alkanes) is 1. The van der Waals surface area contributed by atoms with Crippen LogP contribution in [0.4, 0.5) is 5.69 Å². The third-order valence-electron chi connectivity index (χ3n) is 2.61. The Hall–Kier alpha value is -1.53.